The van der Waals surface area contributed by atoms with Crippen LogP contribution in [0.5, 0.6) is 0 Å². The summed E-state index contributed by atoms with van der Waals surface area (Å²) in [6.45, 7) is 3.63. The molecule has 1 N–H and O–H groups in total. The lowest BCUT2D eigenvalue weighted by Crippen LogP contribution is -2.25. The number of para-hydroxylation sites is 1. The van der Waals surface area contributed by atoms with Gasteiger partial charge in [0.25, 0.3) is 11.6 Å². The monoisotopic (exact) mass is 307 g/mol. The van der Waals surface area contributed by atoms with E-state index in [9.17, 15) is 14.9 Å². The van der Waals surface area contributed by atoms with Gasteiger partial charge in [-0.05, 0) is 18.7 Å². The number of nitro benzene ring substituents is 1. The first kappa shape index (κ1) is 15.0. The predicted octanol–water partition coefficient (Wildman–Crippen LogP) is 1.99. The summed E-state index contributed by atoms with van der Waals surface area (Å²) in [5.74, 6) is 0.681. The first-order valence-corrected chi connectivity index (χ1v) is 7.12. The molecule has 0 aliphatic rings. The van der Waals surface area contributed by atoms with Crippen LogP contribution in [-0.4, -0.2) is 31.5 Å². The van der Waals surface area contributed by atoms with Crippen molar-refractivity contribution in [3.8, 4) is 0 Å². The molecule has 0 bridgehead atoms. The van der Waals surface area contributed by atoms with Gasteiger partial charge in [-0.15, -0.1) is 10.2 Å². The lowest BCUT2D eigenvalue weighted by Gasteiger charge is -2.09. The van der Waals surface area contributed by atoms with Gasteiger partial charge in [-0.3, -0.25) is 20.3 Å². The molecule has 0 saturated heterocycles. The fraction of sp³-hybridized carbons (Fsp3) is 0.250. The van der Waals surface area contributed by atoms with E-state index in [1.807, 2.05) is 6.92 Å². The van der Waals surface area contributed by atoms with E-state index in [2.05, 4.69) is 15.6 Å². The first-order valence-electron chi connectivity index (χ1n) is 6.14. The Morgan fingerprint density at radius 1 is 1.43 bits per heavy atom. The van der Waals surface area contributed by atoms with Crippen molar-refractivity contribution in [1.29, 1.82) is 0 Å². The molecule has 0 aliphatic carbocycles. The van der Waals surface area contributed by atoms with Gasteiger partial charge in [0.1, 0.15) is 11.4 Å². The number of nitrogens with one attached hydrogen (secondary N) is 1. The molecule has 0 spiro atoms. The molecule has 2 aromatic rings. The van der Waals surface area contributed by atoms with Crippen molar-refractivity contribution < 1.29 is 9.72 Å². The molecular formula is C12H13N5O3S. The van der Waals surface area contributed by atoms with Gasteiger partial charge in [-0.2, -0.15) is 0 Å². The number of hydrogen-bond donors (Lipinski definition) is 1. The van der Waals surface area contributed by atoms with E-state index in [1.165, 1.54) is 34.6 Å². The minimum absolute atomic E-state index is 0.0111. The van der Waals surface area contributed by atoms with Crippen molar-refractivity contribution >= 4 is 23.4 Å². The Labute approximate surface area is 124 Å². The number of nitrogens with zero attached hydrogens (tertiary/aromatic N) is 4. The van der Waals surface area contributed by atoms with E-state index >= 15 is 0 Å². The second-order valence-electron chi connectivity index (χ2n) is 4.01. The van der Waals surface area contributed by atoms with E-state index in [0.717, 1.165) is 5.75 Å². The van der Waals surface area contributed by atoms with Crippen LogP contribution in [0.2, 0.25) is 0 Å². The number of thioether (sulfide) groups is 1. The van der Waals surface area contributed by atoms with Crippen molar-refractivity contribution in [1.82, 2.24) is 14.9 Å². The first-order chi connectivity index (χ1) is 10.0. The molecule has 0 saturated carbocycles. The SMILES string of the molecule is CCSc1nnc(C)n1NC(=O)c1ccccc1[N+](=O)[O-]. The van der Waals surface area contributed by atoms with Crippen molar-refractivity contribution in [3.63, 3.8) is 0 Å². The van der Waals surface area contributed by atoms with Gasteiger partial charge in [0, 0.05) is 6.07 Å². The number of aryl methyl sites for hydroxylation is 1. The van der Waals surface area contributed by atoms with Gasteiger partial charge in [0.15, 0.2) is 0 Å². The van der Waals surface area contributed by atoms with E-state index in [4.69, 9.17) is 0 Å². The highest BCUT2D eigenvalue weighted by Gasteiger charge is 2.21. The number of benzene rings is 1. The quantitative estimate of drug-likeness (QED) is 0.515. The summed E-state index contributed by atoms with van der Waals surface area (Å²) in [4.78, 5) is 22.6. The van der Waals surface area contributed by atoms with Crippen LogP contribution in [-0.2, 0) is 0 Å². The highest BCUT2D eigenvalue weighted by molar-refractivity contribution is 7.99. The van der Waals surface area contributed by atoms with Gasteiger partial charge in [0.2, 0.25) is 5.16 Å². The topological polar surface area (TPSA) is 103 Å². The normalized spacial score (nSPS) is 10.4. The smallest absolute Gasteiger partial charge is 0.267 e. The largest absolute Gasteiger partial charge is 0.282 e. The summed E-state index contributed by atoms with van der Waals surface area (Å²) < 4.78 is 1.42. The minimum atomic E-state index is -0.588. The standard InChI is InChI=1S/C12H13N5O3S/c1-3-21-12-14-13-8(2)16(12)15-11(18)9-6-4-5-7-10(9)17(19)20/h4-7H,3H2,1-2H3,(H,15,18). The summed E-state index contributed by atoms with van der Waals surface area (Å²) in [6, 6.07) is 5.77. The van der Waals surface area contributed by atoms with Gasteiger partial charge >= 0.3 is 0 Å². The molecular weight excluding hydrogens is 294 g/mol. The average Bonchev–Trinajstić information content (AvgIpc) is 2.80. The Kier molecular flexibility index (Phi) is 4.53. The molecule has 0 unspecified atom stereocenters. The highest BCUT2D eigenvalue weighted by atomic mass is 32.2. The molecule has 0 fully saturated rings. The Morgan fingerprint density at radius 2 is 2.14 bits per heavy atom. The third-order valence-electron chi connectivity index (χ3n) is 2.63. The molecule has 0 aliphatic heterocycles. The second kappa shape index (κ2) is 6.35. The zero-order valence-corrected chi connectivity index (χ0v) is 12.3. The van der Waals surface area contributed by atoms with Crippen LogP contribution in [0.15, 0.2) is 29.4 Å². The molecule has 1 heterocycles. The van der Waals surface area contributed by atoms with Crippen molar-refractivity contribution in [2.24, 2.45) is 0 Å². The molecule has 0 radical (unpaired) electrons. The van der Waals surface area contributed by atoms with Crippen molar-refractivity contribution in [2.75, 3.05) is 11.2 Å². The number of carbonyl (C=O) groups excluding carboxylic acids is 1. The van der Waals surface area contributed by atoms with Crippen LogP contribution in [0.4, 0.5) is 5.69 Å². The van der Waals surface area contributed by atoms with Crippen molar-refractivity contribution in [2.45, 2.75) is 19.0 Å². The molecule has 110 valence electrons. The Hall–Kier alpha value is -2.42. The van der Waals surface area contributed by atoms with E-state index in [-0.39, 0.29) is 11.3 Å². The zero-order chi connectivity index (χ0) is 15.4. The number of rotatable bonds is 5. The summed E-state index contributed by atoms with van der Waals surface area (Å²) in [5, 5.41) is 19.3. The number of amides is 1. The van der Waals surface area contributed by atoms with Gasteiger partial charge < -0.3 is 0 Å². The maximum atomic E-state index is 12.2. The molecule has 8 nitrogen and oxygen atoms in total. The second-order valence-corrected chi connectivity index (χ2v) is 5.24. The molecule has 0 atom stereocenters. The van der Waals surface area contributed by atoms with Crippen LogP contribution < -0.4 is 5.43 Å². The van der Waals surface area contributed by atoms with Crippen LogP contribution in [0, 0.1) is 17.0 Å². The van der Waals surface area contributed by atoms with E-state index < -0.39 is 10.8 Å². The minimum Gasteiger partial charge on any atom is -0.267 e. The van der Waals surface area contributed by atoms with Crippen molar-refractivity contribution in [3.05, 3.63) is 45.8 Å². The molecule has 21 heavy (non-hydrogen) atoms. The molecule has 1 aromatic heterocycles. The number of carbonyl (C=O) groups is 1. The third-order valence-corrected chi connectivity index (χ3v) is 3.44. The van der Waals surface area contributed by atoms with E-state index in [1.54, 1.807) is 13.0 Å². The Balaban J connectivity index is 2.31. The van der Waals surface area contributed by atoms with Crippen LogP contribution in [0.3, 0.4) is 0 Å². The van der Waals surface area contributed by atoms with E-state index in [0.29, 0.717) is 11.0 Å². The summed E-state index contributed by atoms with van der Waals surface area (Å²) in [7, 11) is 0. The van der Waals surface area contributed by atoms with Crippen LogP contribution in [0.1, 0.15) is 23.1 Å². The average molecular weight is 307 g/mol. The maximum Gasteiger partial charge on any atom is 0.282 e. The Bertz CT molecular complexity index is 685. The summed E-state index contributed by atoms with van der Waals surface area (Å²) >= 11 is 1.41. The lowest BCUT2D eigenvalue weighted by molar-refractivity contribution is -0.385. The zero-order valence-electron chi connectivity index (χ0n) is 11.4. The van der Waals surface area contributed by atoms with Crippen LogP contribution >= 0.6 is 11.8 Å². The fourth-order valence-corrected chi connectivity index (χ4v) is 2.34. The predicted molar refractivity (Wildman–Crippen MR) is 77.9 cm³/mol. The van der Waals surface area contributed by atoms with Crippen LogP contribution in [0.25, 0.3) is 0 Å². The molecule has 1 aromatic carbocycles. The molecule has 9 heteroatoms. The number of hydrogen-bond acceptors (Lipinski definition) is 6. The Morgan fingerprint density at radius 3 is 2.81 bits per heavy atom. The van der Waals surface area contributed by atoms with Gasteiger partial charge in [0.05, 0.1) is 4.92 Å². The van der Waals surface area contributed by atoms with Gasteiger partial charge in [-0.25, -0.2) is 4.68 Å². The maximum absolute atomic E-state index is 12.2. The summed E-state index contributed by atoms with van der Waals surface area (Å²) in [6.07, 6.45) is 0. The summed E-state index contributed by atoms with van der Waals surface area (Å²) in [5.41, 5.74) is 2.33. The third kappa shape index (κ3) is 3.19. The highest BCUT2D eigenvalue weighted by Crippen LogP contribution is 2.19. The number of nitro groups is 1. The lowest BCUT2D eigenvalue weighted by atomic mass is 10.2. The van der Waals surface area contributed by atoms with Gasteiger partial charge in [-0.1, -0.05) is 30.8 Å². The molecule has 1 amide bonds. The molecule has 2 rings (SSSR count). The fourth-order valence-electron chi connectivity index (χ4n) is 1.68. The number of aromatic nitrogens is 3.